The highest BCUT2D eigenvalue weighted by molar-refractivity contribution is 8.00. The van der Waals surface area contributed by atoms with E-state index in [2.05, 4.69) is 10.1 Å². The summed E-state index contributed by atoms with van der Waals surface area (Å²) < 4.78 is 40.7. The summed E-state index contributed by atoms with van der Waals surface area (Å²) in [4.78, 5) is 12.7. The average molecular weight is 376 g/mol. The predicted molar refractivity (Wildman–Crippen MR) is 88.8 cm³/mol. The average Bonchev–Trinajstić information content (AvgIpc) is 2.53. The van der Waals surface area contributed by atoms with Crippen molar-refractivity contribution in [2.75, 3.05) is 17.7 Å². The molecule has 128 valence electrons. The number of hydrogen-bond acceptors (Lipinski definition) is 3. The van der Waals surface area contributed by atoms with E-state index in [0.29, 0.717) is 10.7 Å². The van der Waals surface area contributed by atoms with Gasteiger partial charge < -0.3 is 10.1 Å². The Hall–Kier alpha value is -1.86. The third kappa shape index (κ3) is 6.33. The second kappa shape index (κ2) is 8.30. The van der Waals surface area contributed by atoms with Crippen LogP contribution in [0.5, 0.6) is 5.75 Å². The van der Waals surface area contributed by atoms with Gasteiger partial charge in [0.1, 0.15) is 5.75 Å². The minimum absolute atomic E-state index is 0.0794. The molecule has 0 unspecified atom stereocenters. The third-order valence-corrected chi connectivity index (χ3v) is 4.25. The number of carbonyl (C=O) groups is 1. The van der Waals surface area contributed by atoms with Crippen LogP contribution in [0.25, 0.3) is 0 Å². The summed E-state index contributed by atoms with van der Waals surface area (Å²) in [6.45, 7) is -1.35. The molecule has 24 heavy (non-hydrogen) atoms. The van der Waals surface area contributed by atoms with Crippen LogP contribution in [0.3, 0.4) is 0 Å². The van der Waals surface area contributed by atoms with Crippen LogP contribution in [0.4, 0.5) is 18.9 Å². The fraction of sp³-hybridized carbons (Fsp3) is 0.188. The predicted octanol–water partition coefficient (Wildman–Crippen LogP) is 5.01. The number of rotatable bonds is 6. The summed E-state index contributed by atoms with van der Waals surface area (Å²) in [5.74, 6) is -0.00424. The molecular weight excluding hydrogens is 363 g/mol. The number of thioether (sulfide) groups is 1. The number of anilines is 1. The molecule has 0 fully saturated rings. The van der Waals surface area contributed by atoms with Crippen molar-refractivity contribution in [3.63, 3.8) is 0 Å². The zero-order valence-corrected chi connectivity index (χ0v) is 13.8. The van der Waals surface area contributed by atoms with E-state index in [0.717, 1.165) is 4.90 Å². The number of benzene rings is 2. The van der Waals surface area contributed by atoms with E-state index in [1.807, 2.05) is 12.1 Å². The molecule has 0 heterocycles. The maximum Gasteiger partial charge on any atom is 0.422 e. The zero-order valence-electron chi connectivity index (χ0n) is 12.3. The Bertz CT molecular complexity index is 692. The van der Waals surface area contributed by atoms with Gasteiger partial charge in [-0.15, -0.1) is 11.8 Å². The molecule has 1 N–H and O–H groups in total. The Labute approximate surface area is 146 Å². The van der Waals surface area contributed by atoms with Crippen molar-refractivity contribution in [1.82, 2.24) is 0 Å². The van der Waals surface area contributed by atoms with Crippen LogP contribution in [0, 0.1) is 0 Å². The number of hydrogen-bond donors (Lipinski definition) is 1. The number of amides is 1. The van der Waals surface area contributed by atoms with E-state index in [1.165, 1.54) is 36.0 Å². The Morgan fingerprint density at radius 2 is 1.79 bits per heavy atom. The number of halogens is 4. The van der Waals surface area contributed by atoms with Crippen LogP contribution in [-0.4, -0.2) is 24.4 Å². The Kier molecular flexibility index (Phi) is 6.39. The van der Waals surface area contributed by atoms with E-state index >= 15 is 0 Å². The summed E-state index contributed by atoms with van der Waals surface area (Å²) >= 11 is 7.30. The lowest BCUT2D eigenvalue weighted by molar-refractivity contribution is -0.153. The van der Waals surface area contributed by atoms with Crippen molar-refractivity contribution in [3.8, 4) is 5.75 Å². The van der Waals surface area contributed by atoms with Gasteiger partial charge in [-0.25, -0.2) is 0 Å². The molecular formula is C16H13ClF3NO2S. The molecule has 0 aliphatic carbocycles. The van der Waals surface area contributed by atoms with E-state index in [9.17, 15) is 18.0 Å². The lowest BCUT2D eigenvalue weighted by atomic mass is 10.3. The van der Waals surface area contributed by atoms with Gasteiger partial charge in [0.05, 0.1) is 10.8 Å². The number of ether oxygens (including phenoxy) is 1. The quantitative estimate of drug-likeness (QED) is 0.721. The molecule has 0 bridgehead atoms. The van der Waals surface area contributed by atoms with Gasteiger partial charge in [0.2, 0.25) is 5.91 Å². The van der Waals surface area contributed by atoms with Gasteiger partial charge in [-0.3, -0.25) is 4.79 Å². The molecule has 0 saturated heterocycles. The standard InChI is InChI=1S/C16H13ClF3NO2S/c17-13-3-1-2-4-14(13)24-9-15(22)21-11-5-7-12(8-6-11)23-10-16(18,19)20/h1-8H,9-10H2,(H,21,22). The zero-order chi connectivity index (χ0) is 17.6. The first-order chi connectivity index (χ1) is 11.3. The molecule has 8 heteroatoms. The highest BCUT2D eigenvalue weighted by atomic mass is 35.5. The van der Waals surface area contributed by atoms with Gasteiger partial charge in [-0.2, -0.15) is 13.2 Å². The molecule has 0 aliphatic heterocycles. The SMILES string of the molecule is O=C(CSc1ccccc1Cl)Nc1ccc(OCC(F)(F)F)cc1. The summed E-state index contributed by atoms with van der Waals surface area (Å²) in [5, 5.41) is 3.22. The second-order valence-corrected chi connectivity index (χ2v) is 6.12. The van der Waals surface area contributed by atoms with Crippen LogP contribution < -0.4 is 10.1 Å². The molecule has 0 aliphatic rings. The minimum Gasteiger partial charge on any atom is -0.484 e. The Morgan fingerprint density at radius 3 is 2.42 bits per heavy atom. The van der Waals surface area contributed by atoms with Gasteiger partial charge in [0.25, 0.3) is 0 Å². The van der Waals surface area contributed by atoms with Gasteiger partial charge in [0.15, 0.2) is 6.61 Å². The summed E-state index contributed by atoms with van der Waals surface area (Å²) in [7, 11) is 0. The molecule has 0 spiro atoms. The number of alkyl halides is 3. The van der Waals surface area contributed by atoms with Crippen molar-refractivity contribution in [2.45, 2.75) is 11.1 Å². The van der Waals surface area contributed by atoms with Crippen molar-refractivity contribution in [1.29, 1.82) is 0 Å². The van der Waals surface area contributed by atoms with Crippen molar-refractivity contribution in [2.24, 2.45) is 0 Å². The van der Waals surface area contributed by atoms with Crippen LogP contribution >= 0.6 is 23.4 Å². The van der Waals surface area contributed by atoms with E-state index in [-0.39, 0.29) is 17.4 Å². The first kappa shape index (κ1) is 18.5. The van der Waals surface area contributed by atoms with Gasteiger partial charge in [-0.05, 0) is 36.4 Å². The smallest absolute Gasteiger partial charge is 0.422 e. The van der Waals surface area contributed by atoms with Crippen LogP contribution in [0.1, 0.15) is 0 Å². The fourth-order valence-corrected chi connectivity index (χ4v) is 2.74. The van der Waals surface area contributed by atoms with Crippen LogP contribution in [0.2, 0.25) is 5.02 Å². The fourth-order valence-electron chi connectivity index (χ4n) is 1.70. The molecule has 0 saturated carbocycles. The molecule has 0 atom stereocenters. The third-order valence-electron chi connectivity index (χ3n) is 2.74. The van der Waals surface area contributed by atoms with Gasteiger partial charge in [0, 0.05) is 10.6 Å². The molecule has 2 aromatic carbocycles. The van der Waals surface area contributed by atoms with Crippen molar-refractivity contribution < 1.29 is 22.7 Å². The molecule has 0 radical (unpaired) electrons. The largest absolute Gasteiger partial charge is 0.484 e. The minimum atomic E-state index is -4.39. The number of carbonyl (C=O) groups excluding carboxylic acids is 1. The van der Waals surface area contributed by atoms with Gasteiger partial charge >= 0.3 is 6.18 Å². The van der Waals surface area contributed by atoms with Gasteiger partial charge in [-0.1, -0.05) is 23.7 Å². The van der Waals surface area contributed by atoms with Crippen molar-refractivity contribution in [3.05, 3.63) is 53.6 Å². The summed E-state index contributed by atoms with van der Waals surface area (Å²) in [5.41, 5.74) is 0.471. The summed E-state index contributed by atoms with van der Waals surface area (Å²) in [6, 6.07) is 12.9. The lowest BCUT2D eigenvalue weighted by Crippen LogP contribution is -2.19. The van der Waals surface area contributed by atoms with E-state index < -0.39 is 12.8 Å². The van der Waals surface area contributed by atoms with Crippen LogP contribution in [-0.2, 0) is 4.79 Å². The molecule has 1 amide bonds. The lowest BCUT2D eigenvalue weighted by Gasteiger charge is -2.10. The van der Waals surface area contributed by atoms with E-state index in [4.69, 9.17) is 11.6 Å². The van der Waals surface area contributed by atoms with Crippen molar-refractivity contribution >= 4 is 35.0 Å². The second-order valence-electron chi connectivity index (χ2n) is 4.70. The maximum atomic E-state index is 12.1. The first-order valence-electron chi connectivity index (χ1n) is 6.80. The molecule has 0 aromatic heterocycles. The number of nitrogens with one attached hydrogen (secondary N) is 1. The monoisotopic (exact) mass is 375 g/mol. The topological polar surface area (TPSA) is 38.3 Å². The summed E-state index contributed by atoms with van der Waals surface area (Å²) in [6.07, 6.45) is -4.39. The molecule has 2 aromatic rings. The highest BCUT2D eigenvalue weighted by Gasteiger charge is 2.28. The first-order valence-corrected chi connectivity index (χ1v) is 8.17. The normalized spacial score (nSPS) is 11.2. The molecule has 3 nitrogen and oxygen atoms in total. The highest BCUT2D eigenvalue weighted by Crippen LogP contribution is 2.26. The Morgan fingerprint density at radius 1 is 1.12 bits per heavy atom. The maximum absolute atomic E-state index is 12.1. The van der Waals surface area contributed by atoms with E-state index in [1.54, 1.807) is 12.1 Å². The molecule has 2 rings (SSSR count). The Balaban J connectivity index is 1.82. The van der Waals surface area contributed by atoms with Crippen LogP contribution in [0.15, 0.2) is 53.4 Å².